The smallest absolute Gasteiger partial charge is 0.269 e. The lowest BCUT2D eigenvalue weighted by atomic mass is 10.1. The molecule has 8 heteroatoms. The van der Waals surface area contributed by atoms with Crippen LogP contribution in [0.15, 0.2) is 53.0 Å². The third-order valence-electron chi connectivity index (χ3n) is 3.98. The standard InChI is InChI=1S/C17H14BrN3O4/c18-12-1-5-14(6-2-12)20-10-11(9-16(20)22)17(23)19-13-3-7-15(8-4-13)21(24)25/h1-8,11H,9-10H2,(H,19,23)/t11-/m1/s1. The lowest BCUT2D eigenvalue weighted by Crippen LogP contribution is -2.28. The van der Waals surface area contributed by atoms with Crippen molar-refractivity contribution in [3.05, 3.63) is 63.1 Å². The fraction of sp³-hybridized carbons (Fsp3) is 0.176. The Kier molecular flexibility index (Phi) is 4.80. The highest BCUT2D eigenvalue weighted by Crippen LogP contribution is 2.27. The average Bonchev–Trinajstić information content (AvgIpc) is 2.98. The van der Waals surface area contributed by atoms with Crippen LogP contribution in [0.1, 0.15) is 6.42 Å². The van der Waals surface area contributed by atoms with Crippen molar-refractivity contribution in [1.82, 2.24) is 0 Å². The molecule has 0 aliphatic carbocycles. The molecule has 3 rings (SSSR count). The van der Waals surface area contributed by atoms with Gasteiger partial charge in [0.25, 0.3) is 5.69 Å². The van der Waals surface area contributed by atoms with Gasteiger partial charge in [0.15, 0.2) is 0 Å². The van der Waals surface area contributed by atoms with Gasteiger partial charge in [0, 0.05) is 40.9 Å². The van der Waals surface area contributed by atoms with Crippen molar-refractivity contribution < 1.29 is 14.5 Å². The van der Waals surface area contributed by atoms with E-state index in [0.29, 0.717) is 12.2 Å². The molecule has 1 atom stereocenters. The summed E-state index contributed by atoms with van der Waals surface area (Å²) < 4.78 is 0.912. The van der Waals surface area contributed by atoms with Crippen LogP contribution in [0.2, 0.25) is 0 Å². The molecule has 0 spiro atoms. The Morgan fingerprint density at radius 2 is 1.80 bits per heavy atom. The molecule has 128 valence electrons. The fourth-order valence-electron chi connectivity index (χ4n) is 2.66. The zero-order valence-electron chi connectivity index (χ0n) is 13.0. The number of carbonyl (C=O) groups excluding carboxylic acids is 2. The number of anilines is 2. The van der Waals surface area contributed by atoms with Crippen LogP contribution in [0, 0.1) is 16.0 Å². The number of amides is 2. The first-order valence-electron chi connectivity index (χ1n) is 7.55. The van der Waals surface area contributed by atoms with E-state index in [2.05, 4.69) is 21.2 Å². The van der Waals surface area contributed by atoms with Gasteiger partial charge < -0.3 is 10.2 Å². The minimum atomic E-state index is -0.503. The minimum absolute atomic E-state index is 0.0459. The molecule has 7 nitrogen and oxygen atoms in total. The Bertz CT molecular complexity index is 821. The molecule has 1 aliphatic heterocycles. The molecule has 0 aromatic heterocycles. The van der Waals surface area contributed by atoms with Crippen LogP contribution in [-0.4, -0.2) is 23.3 Å². The first kappa shape index (κ1) is 17.1. The van der Waals surface area contributed by atoms with E-state index in [-0.39, 0.29) is 23.9 Å². The second kappa shape index (κ2) is 7.02. The summed E-state index contributed by atoms with van der Waals surface area (Å²) in [6.45, 7) is 0.305. The van der Waals surface area contributed by atoms with Gasteiger partial charge in [-0.25, -0.2) is 0 Å². The van der Waals surface area contributed by atoms with Gasteiger partial charge in [-0.15, -0.1) is 0 Å². The lowest BCUT2D eigenvalue weighted by molar-refractivity contribution is -0.384. The van der Waals surface area contributed by atoms with Crippen LogP contribution in [-0.2, 0) is 9.59 Å². The summed E-state index contributed by atoms with van der Waals surface area (Å²) in [7, 11) is 0. The summed E-state index contributed by atoms with van der Waals surface area (Å²) >= 11 is 3.35. The van der Waals surface area contributed by atoms with Crippen LogP contribution in [0.3, 0.4) is 0 Å². The number of carbonyl (C=O) groups is 2. The Labute approximate surface area is 151 Å². The van der Waals surface area contributed by atoms with Crippen molar-refractivity contribution in [1.29, 1.82) is 0 Å². The van der Waals surface area contributed by atoms with Gasteiger partial charge in [-0.05, 0) is 36.4 Å². The van der Waals surface area contributed by atoms with Crippen LogP contribution < -0.4 is 10.2 Å². The van der Waals surface area contributed by atoms with E-state index in [1.807, 2.05) is 24.3 Å². The molecule has 1 aliphatic rings. The van der Waals surface area contributed by atoms with Crippen LogP contribution in [0.25, 0.3) is 0 Å². The number of nitrogens with zero attached hydrogens (tertiary/aromatic N) is 2. The van der Waals surface area contributed by atoms with Crippen molar-refractivity contribution >= 4 is 44.8 Å². The van der Waals surface area contributed by atoms with Gasteiger partial charge in [-0.3, -0.25) is 19.7 Å². The molecule has 25 heavy (non-hydrogen) atoms. The van der Waals surface area contributed by atoms with Crippen molar-refractivity contribution in [3.8, 4) is 0 Å². The van der Waals surface area contributed by atoms with E-state index in [4.69, 9.17) is 0 Å². The highest BCUT2D eigenvalue weighted by molar-refractivity contribution is 9.10. The van der Waals surface area contributed by atoms with Crippen molar-refractivity contribution in [2.75, 3.05) is 16.8 Å². The zero-order chi connectivity index (χ0) is 18.0. The molecule has 2 aromatic carbocycles. The van der Waals surface area contributed by atoms with Crippen LogP contribution in [0.5, 0.6) is 0 Å². The van der Waals surface area contributed by atoms with E-state index >= 15 is 0 Å². The fourth-order valence-corrected chi connectivity index (χ4v) is 2.93. The van der Waals surface area contributed by atoms with E-state index in [1.165, 1.54) is 24.3 Å². The van der Waals surface area contributed by atoms with E-state index in [9.17, 15) is 19.7 Å². The second-order valence-corrected chi connectivity index (χ2v) is 6.59. The maximum absolute atomic E-state index is 12.4. The molecule has 0 unspecified atom stereocenters. The molecule has 0 bridgehead atoms. The number of nitrogens with one attached hydrogen (secondary N) is 1. The highest BCUT2D eigenvalue weighted by Gasteiger charge is 2.35. The molecule has 0 radical (unpaired) electrons. The van der Waals surface area contributed by atoms with Gasteiger partial charge in [-0.1, -0.05) is 15.9 Å². The summed E-state index contributed by atoms with van der Waals surface area (Å²) in [6, 6.07) is 12.9. The summed E-state index contributed by atoms with van der Waals surface area (Å²) in [6.07, 6.45) is 0.134. The summed E-state index contributed by atoms with van der Waals surface area (Å²) in [5, 5.41) is 13.3. The first-order valence-corrected chi connectivity index (χ1v) is 8.34. The molecule has 0 saturated carbocycles. The predicted octanol–water partition coefficient (Wildman–Crippen LogP) is 3.35. The second-order valence-electron chi connectivity index (χ2n) is 5.68. The van der Waals surface area contributed by atoms with E-state index < -0.39 is 10.8 Å². The highest BCUT2D eigenvalue weighted by atomic mass is 79.9. The summed E-state index contributed by atoms with van der Waals surface area (Å²) in [4.78, 5) is 36.3. The molecular formula is C17H14BrN3O4. The third-order valence-corrected chi connectivity index (χ3v) is 4.51. The third kappa shape index (κ3) is 3.85. The number of rotatable bonds is 4. The Hall–Kier alpha value is -2.74. The number of nitro benzene ring substituents is 1. The zero-order valence-corrected chi connectivity index (χ0v) is 14.6. The molecule has 2 aromatic rings. The number of nitro groups is 1. The van der Waals surface area contributed by atoms with E-state index in [0.717, 1.165) is 10.2 Å². The maximum atomic E-state index is 12.4. The van der Waals surface area contributed by atoms with Gasteiger partial charge in [-0.2, -0.15) is 0 Å². The lowest BCUT2D eigenvalue weighted by Gasteiger charge is -2.16. The van der Waals surface area contributed by atoms with Gasteiger partial charge >= 0.3 is 0 Å². The summed E-state index contributed by atoms with van der Waals surface area (Å²) in [5.74, 6) is -0.848. The van der Waals surface area contributed by atoms with Crippen molar-refractivity contribution in [2.24, 2.45) is 5.92 Å². The van der Waals surface area contributed by atoms with Gasteiger partial charge in [0.2, 0.25) is 11.8 Å². The Morgan fingerprint density at radius 1 is 1.16 bits per heavy atom. The van der Waals surface area contributed by atoms with Crippen LogP contribution in [0.4, 0.5) is 17.1 Å². The minimum Gasteiger partial charge on any atom is -0.326 e. The first-order chi connectivity index (χ1) is 11.9. The van der Waals surface area contributed by atoms with Crippen molar-refractivity contribution in [2.45, 2.75) is 6.42 Å². The van der Waals surface area contributed by atoms with Crippen LogP contribution >= 0.6 is 15.9 Å². The van der Waals surface area contributed by atoms with E-state index in [1.54, 1.807) is 4.90 Å². The molecule has 1 fully saturated rings. The number of halogens is 1. The number of hydrogen-bond acceptors (Lipinski definition) is 4. The normalized spacial score (nSPS) is 16.8. The predicted molar refractivity (Wildman–Crippen MR) is 96.3 cm³/mol. The topological polar surface area (TPSA) is 92.5 Å². The summed E-state index contributed by atoms with van der Waals surface area (Å²) in [5.41, 5.74) is 1.17. The molecule has 1 N–H and O–H groups in total. The molecule has 2 amide bonds. The largest absolute Gasteiger partial charge is 0.326 e. The average molecular weight is 404 g/mol. The van der Waals surface area contributed by atoms with Crippen molar-refractivity contribution in [3.63, 3.8) is 0 Å². The van der Waals surface area contributed by atoms with Gasteiger partial charge in [0.05, 0.1) is 10.8 Å². The Balaban J connectivity index is 1.66. The monoisotopic (exact) mass is 403 g/mol. The Morgan fingerprint density at radius 3 is 2.40 bits per heavy atom. The van der Waals surface area contributed by atoms with Gasteiger partial charge in [0.1, 0.15) is 0 Å². The SMILES string of the molecule is O=C(Nc1ccc([N+](=O)[O-])cc1)[C@@H]1CC(=O)N(c2ccc(Br)cc2)C1. The molecule has 1 saturated heterocycles. The number of benzene rings is 2. The number of non-ortho nitro benzene ring substituents is 1. The number of hydrogen-bond donors (Lipinski definition) is 1. The molecular weight excluding hydrogens is 390 g/mol. The quantitative estimate of drug-likeness (QED) is 0.625. The maximum Gasteiger partial charge on any atom is 0.269 e. The molecule has 1 heterocycles.